The Hall–Kier alpha value is -1.62. The fourth-order valence-electron chi connectivity index (χ4n) is 1.03. The summed E-state index contributed by atoms with van der Waals surface area (Å²) in [6.07, 6.45) is 4.46. The van der Waals surface area contributed by atoms with Gasteiger partial charge in [0.15, 0.2) is 0 Å². The van der Waals surface area contributed by atoms with Gasteiger partial charge in [0, 0.05) is 13.0 Å². The number of nitrogens with one attached hydrogen (secondary N) is 1. The van der Waals surface area contributed by atoms with Crippen molar-refractivity contribution in [2.24, 2.45) is 5.73 Å². The zero-order valence-corrected chi connectivity index (χ0v) is 8.74. The highest BCUT2D eigenvalue weighted by molar-refractivity contribution is 5.86. The highest BCUT2D eigenvalue weighted by Gasteiger charge is 2.15. The molecule has 0 unspecified atom stereocenters. The van der Waals surface area contributed by atoms with Gasteiger partial charge in [-0.15, -0.1) is 0 Å². The molecule has 0 aromatic rings. The van der Waals surface area contributed by atoms with E-state index in [0.717, 1.165) is 13.0 Å². The van der Waals surface area contributed by atoms with Gasteiger partial charge in [0.25, 0.3) is 0 Å². The van der Waals surface area contributed by atoms with E-state index in [1.807, 2.05) is 0 Å². The van der Waals surface area contributed by atoms with Crippen LogP contribution in [0.3, 0.4) is 0 Å². The molecule has 1 fully saturated rings. The molecule has 0 saturated carbocycles. The van der Waals surface area contributed by atoms with Gasteiger partial charge in [0.1, 0.15) is 0 Å². The summed E-state index contributed by atoms with van der Waals surface area (Å²) < 4.78 is 0. The highest BCUT2D eigenvalue weighted by atomic mass is 16.2. The molecule has 1 aliphatic rings. The minimum atomic E-state index is -0.234. The minimum Gasteiger partial charge on any atom is -0.340 e. The van der Waals surface area contributed by atoms with E-state index in [1.165, 1.54) is 6.08 Å². The second-order valence-corrected chi connectivity index (χ2v) is 2.82. The van der Waals surface area contributed by atoms with Gasteiger partial charge in [0.2, 0.25) is 11.8 Å². The Morgan fingerprint density at radius 1 is 1.60 bits per heavy atom. The predicted molar refractivity (Wildman–Crippen MR) is 58.5 cm³/mol. The molecule has 1 saturated heterocycles. The lowest BCUT2D eigenvalue weighted by molar-refractivity contribution is -0.125. The highest BCUT2D eigenvalue weighted by Crippen LogP contribution is 2.08. The molecule has 5 nitrogen and oxygen atoms in total. The summed E-state index contributed by atoms with van der Waals surface area (Å²) in [5, 5.41) is 2.32. The van der Waals surface area contributed by atoms with Crippen LogP contribution in [0.4, 0.5) is 0 Å². The van der Waals surface area contributed by atoms with Crippen molar-refractivity contribution in [3.05, 3.63) is 25.4 Å². The fraction of sp³-hybridized carbons (Fsp3) is 0.400. The zero-order valence-electron chi connectivity index (χ0n) is 8.74. The SMILES string of the molecule is C=CC(=O)NCN.C=CN1CCCC1=O. The Morgan fingerprint density at radius 3 is 2.47 bits per heavy atom. The van der Waals surface area contributed by atoms with Crippen molar-refractivity contribution in [1.29, 1.82) is 0 Å². The van der Waals surface area contributed by atoms with Crippen molar-refractivity contribution < 1.29 is 9.59 Å². The predicted octanol–water partition coefficient (Wildman–Crippen LogP) is -0.0429. The van der Waals surface area contributed by atoms with Crippen molar-refractivity contribution in [3.63, 3.8) is 0 Å². The van der Waals surface area contributed by atoms with Gasteiger partial charge in [-0.25, -0.2) is 0 Å². The van der Waals surface area contributed by atoms with Crippen LogP contribution in [0.15, 0.2) is 25.4 Å². The van der Waals surface area contributed by atoms with E-state index in [4.69, 9.17) is 5.73 Å². The zero-order chi connectivity index (χ0) is 11.7. The van der Waals surface area contributed by atoms with E-state index in [0.29, 0.717) is 6.42 Å². The third-order valence-corrected chi connectivity index (χ3v) is 1.79. The van der Waals surface area contributed by atoms with Gasteiger partial charge in [-0.2, -0.15) is 0 Å². The van der Waals surface area contributed by atoms with Gasteiger partial charge in [0.05, 0.1) is 6.67 Å². The van der Waals surface area contributed by atoms with Gasteiger partial charge < -0.3 is 16.0 Å². The number of nitrogens with zero attached hydrogens (tertiary/aromatic N) is 1. The summed E-state index contributed by atoms with van der Waals surface area (Å²) in [4.78, 5) is 22.4. The summed E-state index contributed by atoms with van der Waals surface area (Å²) in [5.41, 5.74) is 4.93. The van der Waals surface area contributed by atoms with Gasteiger partial charge >= 0.3 is 0 Å². The van der Waals surface area contributed by atoms with Crippen molar-refractivity contribution in [2.75, 3.05) is 13.2 Å². The molecular formula is C10H17N3O2. The fourth-order valence-corrected chi connectivity index (χ4v) is 1.03. The summed E-state index contributed by atoms with van der Waals surface area (Å²) in [6.45, 7) is 7.74. The molecule has 0 atom stereocenters. The maximum absolute atomic E-state index is 10.7. The summed E-state index contributed by atoms with van der Waals surface area (Å²) in [7, 11) is 0. The first kappa shape index (κ1) is 13.4. The Balaban J connectivity index is 0.000000265. The molecule has 84 valence electrons. The molecule has 0 aliphatic carbocycles. The van der Waals surface area contributed by atoms with Gasteiger partial charge in [-0.1, -0.05) is 13.2 Å². The molecule has 0 bridgehead atoms. The number of carbonyl (C=O) groups is 2. The lowest BCUT2D eigenvalue weighted by Crippen LogP contribution is -2.27. The molecule has 0 aromatic carbocycles. The van der Waals surface area contributed by atoms with Crippen molar-refractivity contribution in [2.45, 2.75) is 12.8 Å². The van der Waals surface area contributed by atoms with Gasteiger partial charge in [-0.3, -0.25) is 9.59 Å². The lowest BCUT2D eigenvalue weighted by Gasteiger charge is -2.05. The monoisotopic (exact) mass is 211 g/mol. The van der Waals surface area contributed by atoms with Gasteiger partial charge in [-0.05, 0) is 18.7 Å². The summed E-state index contributed by atoms with van der Waals surface area (Å²) in [6, 6.07) is 0. The summed E-state index contributed by atoms with van der Waals surface area (Å²) >= 11 is 0. The van der Waals surface area contributed by atoms with E-state index >= 15 is 0 Å². The van der Waals surface area contributed by atoms with Crippen molar-refractivity contribution in [3.8, 4) is 0 Å². The number of carbonyl (C=O) groups excluding carboxylic acids is 2. The molecule has 2 amide bonds. The Kier molecular flexibility index (Phi) is 6.92. The first-order chi connectivity index (χ1) is 7.15. The first-order valence-electron chi connectivity index (χ1n) is 4.68. The lowest BCUT2D eigenvalue weighted by atomic mass is 10.4. The number of rotatable bonds is 3. The third-order valence-electron chi connectivity index (χ3n) is 1.79. The number of amides is 2. The number of nitrogens with two attached hydrogens (primary N) is 1. The average molecular weight is 211 g/mol. The molecule has 5 heteroatoms. The number of hydrogen-bond acceptors (Lipinski definition) is 3. The number of likely N-dealkylation sites (tertiary alicyclic amines) is 1. The average Bonchev–Trinajstić information content (AvgIpc) is 2.65. The molecule has 1 rings (SSSR count). The molecule has 0 spiro atoms. The largest absolute Gasteiger partial charge is 0.340 e. The van der Waals surface area contributed by atoms with Crippen LogP contribution in [0.5, 0.6) is 0 Å². The maximum Gasteiger partial charge on any atom is 0.244 e. The van der Waals surface area contributed by atoms with Crippen LogP contribution in [0.2, 0.25) is 0 Å². The Bertz CT molecular complexity index is 251. The third kappa shape index (κ3) is 5.64. The second-order valence-electron chi connectivity index (χ2n) is 2.82. The quantitative estimate of drug-likeness (QED) is 0.508. The molecular weight excluding hydrogens is 194 g/mol. The normalized spacial score (nSPS) is 13.9. The minimum absolute atomic E-state index is 0.171. The van der Waals surface area contributed by atoms with Crippen LogP contribution < -0.4 is 11.1 Å². The van der Waals surface area contributed by atoms with Crippen LogP contribution in [0, 0.1) is 0 Å². The molecule has 0 aromatic heterocycles. The smallest absolute Gasteiger partial charge is 0.244 e. The molecule has 3 N–H and O–H groups in total. The van der Waals surface area contributed by atoms with Crippen LogP contribution in [0.1, 0.15) is 12.8 Å². The van der Waals surface area contributed by atoms with E-state index in [-0.39, 0.29) is 18.5 Å². The van der Waals surface area contributed by atoms with E-state index in [1.54, 1.807) is 11.1 Å². The number of hydrogen-bond donors (Lipinski definition) is 2. The standard InChI is InChI=1S/C6H9NO.C4H8N2O/c1-2-7-5-3-4-6(7)8;1-2-4(7)6-3-5/h2H,1,3-5H2;2H,1,3,5H2,(H,6,7). The molecule has 0 radical (unpaired) electrons. The topological polar surface area (TPSA) is 75.4 Å². The Morgan fingerprint density at radius 2 is 2.27 bits per heavy atom. The maximum atomic E-state index is 10.7. The van der Waals surface area contributed by atoms with E-state index < -0.39 is 0 Å². The Labute approximate surface area is 89.6 Å². The van der Waals surface area contributed by atoms with Crippen LogP contribution in [-0.2, 0) is 9.59 Å². The second kappa shape index (κ2) is 7.75. The first-order valence-corrected chi connectivity index (χ1v) is 4.68. The summed E-state index contributed by atoms with van der Waals surface area (Å²) in [5.74, 6) is -0.0255. The van der Waals surface area contributed by atoms with E-state index in [9.17, 15) is 9.59 Å². The van der Waals surface area contributed by atoms with Crippen molar-refractivity contribution in [1.82, 2.24) is 10.2 Å². The van der Waals surface area contributed by atoms with Crippen LogP contribution >= 0.6 is 0 Å². The van der Waals surface area contributed by atoms with Crippen LogP contribution in [-0.4, -0.2) is 29.9 Å². The molecule has 15 heavy (non-hydrogen) atoms. The molecule has 1 aliphatic heterocycles. The van der Waals surface area contributed by atoms with Crippen LogP contribution in [0.25, 0.3) is 0 Å². The van der Waals surface area contributed by atoms with E-state index in [2.05, 4.69) is 18.5 Å². The van der Waals surface area contributed by atoms with Crippen molar-refractivity contribution >= 4 is 11.8 Å². The molecule has 1 heterocycles.